The topological polar surface area (TPSA) is 35.2 Å². The van der Waals surface area contributed by atoms with Gasteiger partial charge in [-0.1, -0.05) is 18.9 Å². The number of unbranched alkanes of at least 4 members (excludes halogenated alkanes) is 3. The summed E-state index contributed by atoms with van der Waals surface area (Å²) in [5, 5.41) is 0. The lowest BCUT2D eigenvalue weighted by atomic mass is 10.2. The normalized spacial score (nSPS) is 10.4. The lowest BCUT2D eigenvalue weighted by Gasteiger charge is -2.08. The molecule has 0 aliphatic carbocycles. The second-order valence-electron chi connectivity index (χ2n) is 3.96. The van der Waals surface area contributed by atoms with E-state index in [9.17, 15) is 4.39 Å². The summed E-state index contributed by atoms with van der Waals surface area (Å²) < 4.78 is 18.5. The van der Waals surface area contributed by atoms with Crippen LogP contribution in [-0.2, 0) is 0 Å². The van der Waals surface area contributed by atoms with Gasteiger partial charge in [-0.3, -0.25) is 0 Å². The maximum Gasteiger partial charge on any atom is 0.126 e. The van der Waals surface area contributed by atoms with Crippen LogP contribution in [0.1, 0.15) is 31.2 Å². The third-order valence-corrected chi connectivity index (χ3v) is 2.51. The molecule has 0 aromatic heterocycles. The number of nitrogens with two attached hydrogens (primary N) is 1. The molecule has 0 amide bonds. The van der Waals surface area contributed by atoms with Crippen molar-refractivity contribution in [3.8, 4) is 5.75 Å². The summed E-state index contributed by atoms with van der Waals surface area (Å²) in [6.07, 6.45) is 4.32. The summed E-state index contributed by atoms with van der Waals surface area (Å²) in [4.78, 5) is 0. The molecule has 0 fully saturated rings. The molecule has 0 bridgehead atoms. The highest BCUT2D eigenvalue weighted by Gasteiger charge is 2.00. The molecule has 1 aromatic carbocycles. The van der Waals surface area contributed by atoms with Crippen LogP contribution >= 0.6 is 0 Å². The predicted octanol–water partition coefficient (Wildman–Crippen LogP) is 3.03. The Morgan fingerprint density at radius 3 is 2.69 bits per heavy atom. The second-order valence-corrected chi connectivity index (χ2v) is 3.96. The minimum absolute atomic E-state index is 0.247. The number of aryl methyl sites for hydroxylation is 1. The van der Waals surface area contributed by atoms with E-state index in [0.717, 1.165) is 37.8 Å². The van der Waals surface area contributed by atoms with Crippen molar-refractivity contribution >= 4 is 0 Å². The Balaban J connectivity index is 2.23. The molecule has 0 unspecified atom stereocenters. The molecule has 2 N–H and O–H groups in total. The summed E-state index contributed by atoms with van der Waals surface area (Å²) in [5.41, 5.74) is 6.37. The van der Waals surface area contributed by atoms with Crippen molar-refractivity contribution < 1.29 is 9.13 Å². The first-order valence-corrected chi connectivity index (χ1v) is 5.83. The predicted molar refractivity (Wildman–Crippen MR) is 64.2 cm³/mol. The average molecular weight is 225 g/mol. The smallest absolute Gasteiger partial charge is 0.126 e. The Morgan fingerprint density at radius 1 is 1.19 bits per heavy atom. The van der Waals surface area contributed by atoms with E-state index in [0.29, 0.717) is 12.4 Å². The van der Waals surface area contributed by atoms with Crippen LogP contribution in [0.15, 0.2) is 18.2 Å². The first-order valence-electron chi connectivity index (χ1n) is 5.83. The van der Waals surface area contributed by atoms with Gasteiger partial charge in [0.05, 0.1) is 6.61 Å². The van der Waals surface area contributed by atoms with Gasteiger partial charge < -0.3 is 10.5 Å². The van der Waals surface area contributed by atoms with Crippen LogP contribution in [0.4, 0.5) is 4.39 Å². The number of rotatable bonds is 7. The van der Waals surface area contributed by atoms with Gasteiger partial charge in [0.25, 0.3) is 0 Å². The lowest BCUT2D eigenvalue weighted by molar-refractivity contribution is 0.301. The Hall–Kier alpha value is -1.09. The van der Waals surface area contributed by atoms with Gasteiger partial charge in [0.15, 0.2) is 0 Å². The number of halogens is 1. The summed E-state index contributed by atoms with van der Waals surface area (Å²) >= 11 is 0. The third kappa shape index (κ3) is 4.62. The van der Waals surface area contributed by atoms with Crippen molar-refractivity contribution in [2.45, 2.75) is 32.6 Å². The molecular weight excluding hydrogens is 205 g/mol. The minimum Gasteiger partial charge on any atom is -0.493 e. The summed E-state index contributed by atoms with van der Waals surface area (Å²) in [5.74, 6) is 0.405. The molecule has 3 heteroatoms. The van der Waals surface area contributed by atoms with Gasteiger partial charge in [-0.05, 0) is 37.9 Å². The van der Waals surface area contributed by atoms with Crippen LogP contribution < -0.4 is 10.5 Å². The molecule has 0 atom stereocenters. The van der Waals surface area contributed by atoms with Crippen LogP contribution in [0.25, 0.3) is 0 Å². The Morgan fingerprint density at radius 2 is 1.94 bits per heavy atom. The van der Waals surface area contributed by atoms with Crippen molar-refractivity contribution in [1.82, 2.24) is 0 Å². The van der Waals surface area contributed by atoms with Crippen molar-refractivity contribution in [2.24, 2.45) is 5.73 Å². The Labute approximate surface area is 96.6 Å². The number of benzene rings is 1. The van der Waals surface area contributed by atoms with Crippen molar-refractivity contribution in [1.29, 1.82) is 0 Å². The van der Waals surface area contributed by atoms with E-state index in [2.05, 4.69) is 0 Å². The average Bonchev–Trinajstić information content (AvgIpc) is 2.28. The first kappa shape index (κ1) is 13.0. The largest absolute Gasteiger partial charge is 0.493 e. The quantitative estimate of drug-likeness (QED) is 0.724. The molecule has 1 rings (SSSR count). The van der Waals surface area contributed by atoms with Gasteiger partial charge in [-0.15, -0.1) is 0 Å². The number of ether oxygens (including phenoxy) is 1. The molecule has 16 heavy (non-hydrogen) atoms. The van der Waals surface area contributed by atoms with Gasteiger partial charge in [0.2, 0.25) is 0 Å². The molecule has 0 saturated carbocycles. The number of hydrogen-bond donors (Lipinski definition) is 1. The van der Waals surface area contributed by atoms with Crippen LogP contribution in [-0.4, -0.2) is 13.2 Å². The van der Waals surface area contributed by atoms with E-state index in [1.807, 2.05) is 6.92 Å². The van der Waals surface area contributed by atoms with E-state index in [1.165, 1.54) is 12.1 Å². The number of hydrogen-bond acceptors (Lipinski definition) is 2. The molecular formula is C13H20FNO. The van der Waals surface area contributed by atoms with Crippen molar-refractivity contribution in [2.75, 3.05) is 13.2 Å². The fourth-order valence-electron chi connectivity index (χ4n) is 1.51. The SMILES string of the molecule is Cc1ccc(F)cc1OCCCCCCN. The standard InChI is InChI=1S/C13H20FNO/c1-11-6-7-12(14)10-13(11)16-9-5-3-2-4-8-15/h6-7,10H,2-5,8-9,15H2,1H3. The molecule has 0 heterocycles. The molecule has 90 valence electrons. The van der Waals surface area contributed by atoms with Gasteiger partial charge in [-0.2, -0.15) is 0 Å². The summed E-state index contributed by atoms with van der Waals surface area (Å²) in [6, 6.07) is 4.62. The molecule has 1 aromatic rings. The van der Waals surface area contributed by atoms with E-state index < -0.39 is 0 Å². The fraction of sp³-hybridized carbons (Fsp3) is 0.538. The fourth-order valence-corrected chi connectivity index (χ4v) is 1.51. The van der Waals surface area contributed by atoms with Gasteiger partial charge in [0, 0.05) is 6.07 Å². The second kappa shape index (κ2) is 7.23. The summed E-state index contributed by atoms with van der Waals surface area (Å²) in [7, 11) is 0. The van der Waals surface area contributed by atoms with Gasteiger partial charge >= 0.3 is 0 Å². The molecule has 2 nitrogen and oxygen atoms in total. The monoisotopic (exact) mass is 225 g/mol. The Kier molecular flexibility index (Phi) is 5.86. The van der Waals surface area contributed by atoms with E-state index in [-0.39, 0.29) is 5.82 Å². The van der Waals surface area contributed by atoms with Crippen molar-refractivity contribution in [3.63, 3.8) is 0 Å². The van der Waals surface area contributed by atoms with Crippen LogP contribution in [0.3, 0.4) is 0 Å². The summed E-state index contributed by atoms with van der Waals surface area (Å²) in [6.45, 7) is 3.32. The maximum atomic E-state index is 12.9. The lowest BCUT2D eigenvalue weighted by Crippen LogP contribution is -2.01. The van der Waals surface area contributed by atoms with Gasteiger partial charge in [-0.25, -0.2) is 4.39 Å². The molecule has 0 saturated heterocycles. The minimum atomic E-state index is -0.247. The zero-order valence-electron chi connectivity index (χ0n) is 9.84. The first-order chi connectivity index (χ1) is 7.74. The molecule has 0 aliphatic rings. The molecule has 0 radical (unpaired) electrons. The van der Waals surface area contributed by atoms with Gasteiger partial charge in [0.1, 0.15) is 11.6 Å². The maximum absolute atomic E-state index is 12.9. The van der Waals surface area contributed by atoms with E-state index >= 15 is 0 Å². The van der Waals surface area contributed by atoms with Crippen LogP contribution in [0.5, 0.6) is 5.75 Å². The van der Waals surface area contributed by atoms with E-state index in [4.69, 9.17) is 10.5 Å². The Bertz CT molecular complexity index is 315. The van der Waals surface area contributed by atoms with Crippen molar-refractivity contribution in [3.05, 3.63) is 29.6 Å². The highest BCUT2D eigenvalue weighted by Crippen LogP contribution is 2.19. The van der Waals surface area contributed by atoms with E-state index in [1.54, 1.807) is 6.07 Å². The third-order valence-electron chi connectivity index (χ3n) is 2.51. The van der Waals surface area contributed by atoms with Crippen LogP contribution in [0.2, 0.25) is 0 Å². The highest BCUT2D eigenvalue weighted by atomic mass is 19.1. The zero-order chi connectivity index (χ0) is 11.8. The molecule has 0 spiro atoms. The molecule has 0 aliphatic heterocycles. The van der Waals surface area contributed by atoms with Crippen LogP contribution in [0, 0.1) is 12.7 Å². The highest BCUT2D eigenvalue weighted by molar-refractivity contribution is 5.32. The zero-order valence-corrected chi connectivity index (χ0v) is 9.84.